The summed E-state index contributed by atoms with van der Waals surface area (Å²) in [6.07, 6.45) is 11.9. The molecule has 0 radical (unpaired) electrons. The fourth-order valence-electron chi connectivity index (χ4n) is 2.44. The normalized spacial score (nSPS) is 14.1. The molecule has 1 aliphatic heterocycles. The molecule has 3 nitrogen and oxygen atoms in total. The molecule has 0 bridgehead atoms. The van der Waals surface area contributed by atoms with E-state index in [1.807, 2.05) is 11.6 Å². The quantitative estimate of drug-likeness (QED) is 0.767. The summed E-state index contributed by atoms with van der Waals surface area (Å²) in [7, 11) is 1.99. The van der Waals surface area contributed by atoms with Gasteiger partial charge in [0.05, 0.1) is 5.56 Å². The van der Waals surface area contributed by atoms with Gasteiger partial charge in [0, 0.05) is 18.4 Å². The summed E-state index contributed by atoms with van der Waals surface area (Å²) in [6.45, 7) is 3.07. The molecule has 0 spiro atoms. The molecule has 1 aromatic heterocycles. The Labute approximate surface area is 113 Å². The summed E-state index contributed by atoms with van der Waals surface area (Å²) in [4.78, 5) is 2.25. The van der Waals surface area contributed by atoms with E-state index in [4.69, 9.17) is 4.42 Å². The first-order valence-corrected chi connectivity index (χ1v) is 6.39. The molecule has 96 valence electrons. The SMILES string of the molecule is Cc1c(-c2coc[n+]2C)cccc1N1C=CC=CC1. The first kappa shape index (κ1) is 11.8. The van der Waals surface area contributed by atoms with Crippen molar-refractivity contribution in [1.82, 2.24) is 0 Å². The Morgan fingerprint density at radius 3 is 2.84 bits per heavy atom. The number of rotatable bonds is 2. The van der Waals surface area contributed by atoms with E-state index in [1.54, 1.807) is 12.7 Å². The molecular weight excluding hydrogens is 236 g/mol. The third-order valence-corrected chi connectivity index (χ3v) is 3.48. The smallest absolute Gasteiger partial charge is 0.334 e. The highest BCUT2D eigenvalue weighted by Gasteiger charge is 2.17. The zero-order chi connectivity index (χ0) is 13.2. The van der Waals surface area contributed by atoms with Crippen molar-refractivity contribution in [1.29, 1.82) is 0 Å². The Kier molecular flexibility index (Phi) is 2.95. The number of aryl methyl sites for hydroxylation is 1. The van der Waals surface area contributed by atoms with Crippen LogP contribution in [0.15, 0.2) is 59.7 Å². The van der Waals surface area contributed by atoms with Crippen molar-refractivity contribution < 1.29 is 8.98 Å². The second kappa shape index (κ2) is 4.76. The van der Waals surface area contributed by atoms with E-state index >= 15 is 0 Å². The topological polar surface area (TPSA) is 20.3 Å². The van der Waals surface area contributed by atoms with E-state index in [2.05, 4.69) is 54.5 Å². The minimum Gasteiger partial charge on any atom is -0.412 e. The molecular formula is C16H17N2O+. The van der Waals surface area contributed by atoms with Crippen molar-refractivity contribution >= 4 is 5.69 Å². The van der Waals surface area contributed by atoms with Gasteiger partial charge in [-0.3, -0.25) is 0 Å². The molecule has 3 heteroatoms. The van der Waals surface area contributed by atoms with Crippen LogP contribution in [-0.2, 0) is 7.05 Å². The molecule has 1 aromatic carbocycles. The highest BCUT2D eigenvalue weighted by atomic mass is 16.3. The average molecular weight is 253 g/mol. The number of hydrogen-bond acceptors (Lipinski definition) is 2. The van der Waals surface area contributed by atoms with Crippen LogP contribution >= 0.6 is 0 Å². The minimum absolute atomic E-state index is 0.915. The van der Waals surface area contributed by atoms with Gasteiger partial charge in [-0.05, 0) is 30.7 Å². The number of hydrogen-bond donors (Lipinski definition) is 0. The minimum atomic E-state index is 0.915. The lowest BCUT2D eigenvalue weighted by molar-refractivity contribution is -0.664. The Morgan fingerprint density at radius 1 is 1.26 bits per heavy atom. The van der Waals surface area contributed by atoms with Gasteiger partial charge in [-0.25, -0.2) is 0 Å². The van der Waals surface area contributed by atoms with Crippen LogP contribution in [0.2, 0.25) is 0 Å². The van der Waals surface area contributed by atoms with Crippen molar-refractivity contribution in [2.75, 3.05) is 11.4 Å². The molecule has 1 aliphatic rings. The predicted octanol–water partition coefficient (Wildman–Crippen LogP) is 2.97. The van der Waals surface area contributed by atoms with E-state index in [1.165, 1.54) is 16.8 Å². The zero-order valence-electron chi connectivity index (χ0n) is 11.2. The summed E-state index contributed by atoms with van der Waals surface area (Å²) >= 11 is 0. The van der Waals surface area contributed by atoms with Crippen molar-refractivity contribution in [2.45, 2.75) is 6.92 Å². The lowest BCUT2D eigenvalue weighted by Gasteiger charge is -2.23. The van der Waals surface area contributed by atoms with E-state index in [0.29, 0.717) is 0 Å². The average Bonchev–Trinajstić information content (AvgIpc) is 2.86. The molecule has 19 heavy (non-hydrogen) atoms. The molecule has 0 fully saturated rings. The number of nitrogens with zero attached hydrogens (tertiary/aromatic N) is 2. The maximum absolute atomic E-state index is 5.26. The van der Waals surface area contributed by atoms with Gasteiger partial charge in [-0.15, -0.1) is 0 Å². The summed E-state index contributed by atoms with van der Waals surface area (Å²) in [6, 6.07) is 6.38. The van der Waals surface area contributed by atoms with Crippen molar-refractivity contribution in [3.63, 3.8) is 0 Å². The molecule has 2 aromatic rings. The predicted molar refractivity (Wildman–Crippen MR) is 75.7 cm³/mol. The number of anilines is 1. The van der Waals surface area contributed by atoms with E-state index < -0.39 is 0 Å². The number of oxazole rings is 1. The largest absolute Gasteiger partial charge is 0.412 e. The van der Waals surface area contributed by atoms with Crippen LogP contribution in [0.5, 0.6) is 0 Å². The Hall–Kier alpha value is -2.29. The standard InChI is InChI=1S/C16H17N2O/c1-13-14(16-11-19-12-17(16)2)7-6-8-15(13)18-9-4-3-5-10-18/h3-9,11-12H,10H2,1-2H3/q+1. The van der Waals surface area contributed by atoms with Gasteiger partial charge in [0.2, 0.25) is 0 Å². The molecule has 3 rings (SSSR count). The number of aromatic nitrogens is 1. The van der Waals surface area contributed by atoms with E-state index in [0.717, 1.165) is 12.2 Å². The maximum Gasteiger partial charge on any atom is 0.334 e. The van der Waals surface area contributed by atoms with Crippen LogP contribution < -0.4 is 9.47 Å². The molecule has 0 N–H and O–H groups in total. The molecule has 0 unspecified atom stereocenters. The molecule has 0 amide bonds. The molecule has 0 saturated heterocycles. The number of allylic oxidation sites excluding steroid dienone is 2. The van der Waals surface area contributed by atoms with Gasteiger partial charge in [-0.2, -0.15) is 4.57 Å². The highest BCUT2D eigenvalue weighted by molar-refractivity contribution is 5.71. The third-order valence-electron chi connectivity index (χ3n) is 3.48. The van der Waals surface area contributed by atoms with Crippen molar-refractivity contribution in [3.05, 3.63) is 60.8 Å². The van der Waals surface area contributed by atoms with Crippen LogP contribution in [0.25, 0.3) is 11.3 Å². The Balaban J connectivity index is 2.07. The molecule has 0 saturated carbocycles. The monoisotopic (exact) mass is 253 g/mol. The first-order chi connectivity index (χ1) is 9.27. The fraction of sp³-hybridized carbons (Fsp3) is 0.188. The van der Waals surface area contributed by atoms with E-state index in [9.17, 15) is 0 Å². The second-order valence-corrected chi connectivity index (χ2v) is 4.73. The van der Waals surface area contributed by atoms with Crippen molar-refractivity contribution in [2.24, 2.45) is 7.05 Å². The van der Waals surface area contributed by atoms with Gasteiger partial charge in [0.25, 0.3) is 5.69 Å². The van der Waals surface area contributed by atoms with Gasteiger partial charge in [-0.1, -0.05) is 18.2 Å². The fourth-order valence-corrected chi connectivity index (χ4v) is 2.44. The van der Waals surface area contributed by atoms with Gasteiger partial charge < -0.3 is 9.32 Å². The Morgan fingerprint density at radius 2 is 2.16 bits per heavy atom. The van der Waals surface area contributed by atoms with Crippen LogP contribution in [0, 0.1) is 6.92 Å². The summed E-state index contributed by atoms with van der Waals surface area (Å²) in [5.41, 5.74) is 4.80. The van der Waals surface area contributed by atoms with Gasteiger partial charge in [0.15, 0.2) is 6.26 Å². The third kappa shape index (κ3) is 2.08. The molecule has 0 aliphatic carbocycles. The summed E-state index contributed by atoms with van der Waals surface area (Å²) < 4.78 is 7.26. The first-order valence-electron chi connectivity index (χ1n) is 6.39. The maximum atomic E-state index is 5.26. The van der Waals surface area contributed by atoms with Crippen LogP contribution in [0.4, 0.5) is 5.69 Å². The van der Waals surface area contributed by atoms with E-state index in [-0.39, 0.29) is 0 Å². The Bertz CT molecular complexity index is 653. The van der Waals surface area contributed by atoms with Gasteiger partial charge in [0.1, 0.15) is 7.05 Å². The molecule has 2 heterocycles. The van der Waals surface area contributed by atoms with Crippen LogP contribution in [-0.4, -0.2) is 6.54 Å². The van der Waals surface area contributed by atoms with Gasteiger partial charge >= 0.3 is 6.39 Å². The second-order valence-electron chi connectivity index (χ2n) is 4.73. The van der Waals surface area contributed by atoms with Crippen LogP contribution in [0.1, 0.15) is 5.56 Å². The van der Waals surface area contributed by atoms with Crippen LogP contribution in [0.3, 0.4) is 0 Å². The number of benzene rings is 1. The lowest BCUT2D eigenvalue weighted by Crippen LogP contribution is -2.27. The summed E-state index contributed by atoms with van der Waals surface area (Å²) in [5, 5.41) is 0. The highest BCUT2D eigenvalue weighted by Crippen LogP contribution is 2.29. The molecule has 0 atom stereocenters. The lowest BCUT2D eigenvalue weighted by atomic mass is 10.0. The van der Waals surface area contributed by atoms with Crippen molar-refractivity contribution in [3.8, 4) is 11.3 Å². The zero-order valence-corrected chi connectivity index (χ0v) is 11.2. The summed E-state index contributed by atoms with van der Waals surface area (Å²) in [5.74, 6) is 0.